The summed E-state index contributed by atoms with van der Waals surface area (Å²) in [6, 6.07) is 9.80. The third-order valence-corrected chi connectivity index (χ3v) is 5.94. The van der Waals surface area contributed by atoms with E-state index in [0.717, 1.165) is 31.2 Å². The number of nitrogens with one attached hydrogen (secondary N) is 1. The van der Waals surface area contributed by atoms with Crippen LogP contribution >= 0.6 is 0 Å². The minimum Gasteiger partial charge on any atom is -0.329 e. The molecular formula is C16H22N4O2S. The van der Waals surface area contributed by atoms with Gasteiger partial charge in [0, 0.05) is 18.3 Å². The van der Waals surface area contributed by atoms with Crippen molar-refractivity contribution in [1.29, 1.82) is 0 Å². The molecule has 7 heteroatoms. The Hall–Kier alpha value is -1.70. The minimum atomic E-state index is -3.60. The van der Waals surface area contributed by atoms with Crippen LogP contribution in [0.4, 0.5) is 0 Å². The van der Waals surface area contributed by atoms with Gasteiger partial charge in [0.2, 0.25) is 10.0 Å². The molecule has 1 fully saturated rings. The Morgan fingerprint density at radius 3 is 2.57 bits per heavy atom. The fourth-order valence-corrected chi connectivity index (χ4v) is 4.51. The lowest BCUT2D eigenvalue weighted by Gasteiger charge is -2.27. The predicted octanol–water partition coefficient (Wildman–Crippen LogP) is 1.48. The highest BCUT2D eigenvalue weighted by Crippen LogP contribution is 2.30. The van der Waals surface area contributed by atoms with Crippen molar-refractivity contribution >= 4 is 10.0 Å². The molecule has 124 valence electrons. The SMILES string of the molecule is NCC1(NS(=O)(=O)c2cnn(Cc3ccccc3)c2)CCCC1. The first-order valence-corrected chi connectivity index (χ1v) is 9.32. The topological polar surface area (TPSA) is 90.0 Å². The molecule has 0 bridgehead atoms. The van der Waals surface area contributed by atoms with Crippen LogP contribution in [0.25, 0.3) is 0 Å². The number of benzene rings is 1. The van der Waals surface area contributed by atoms with Gasteiger partial charge in [-0.2, -0.15) is 5.10 Å². The van der Waals surface area contributed by atoms with E-state index in [1.807, 2.05) is 30.3 Å². The van der Waals surface area contributed by atoms with Gasteiger partial charge in [-0.1, -0.05) is 43.2 Å². The molecule has 1 aromatic heterocycles. The molecule has 2 aromatic rings. The van der Waals surface area contributed by atoms with Gasteiger partial charge in [0.15, 0.2) is 0 Å². The van der Waals surface area contributed by atoms with Crippen LogP contribution in [-0.2, 0) is 16.6 Å². The van der Waals surface area contributed by atoms with E-state index in [2.05, 4.69) is 9.82 Å². The summed E-state index contributed by atoms with van der Waals surface area (Å²) in [5.74, 6) is 0. The molecule has 1 heterocycles. The summed E-state index contributed by atoms with van der Waals surface area (Å²) in [7, 11) is -3.60. The largest absolute Gasteiger partial charge is 0.329 e. The van der Waals surface area contributed by atoms with Crippen LogP contribution in [0.15, 0.2) is 47.6 Å². The number of sulfonamides is 1. The summed E-state index contributed by atoms with van der Waals surface area (Å²) in [6.07, 6.45) is 6.56. The van der Waals surface area contributed by atoms with Gasteiger partial charge >= 0.3 is 0 Å². The molecule has 3 rings (SSSR count). The lowest BCUT2D eigenvalue weighted by Crippen LogP contribution is -2.51. The highest BCUT2D eigenvalue weighted by atomic mass is 32.2. The van der Waals surface area contributed by atoms with Crippen LogP contribution < -0.4 is 10.5 Å². The lowest BCUT2D eigenvalue weighted by atomic mass is 10.0. The van der Waals surface area contributed by atoms with Gasteiger partial charge in [0.1, 0.15) is 4.90 Å². The molecule has 1 aliphatic carbocycles. The first-order valence-electron chi connectivity index (χ1n) is 7.83. The summed E-state index contributed by atoms with van der Waals surface area (Å²) >= 11 is 0. The molecule has 0 radical (unpaired) electrons. The van der Waals surface area contributed by atoms with E-state index in [0.29, 0.717) is 13.1 Å². The van der Waals surface area contributed by atoms with Crippen LogP contribution in [0.2, 0.25) is 0 Å². The quantitative estimate of drug-likeness (QED) is 0.837. The highest BCUT2D eigenvalue weighted by molar-refractivity contribution is 7.89. The van der Waals surface area contributed by atoms with Crippen LogP contribution in [-0.4, -0.2) is 30.3 Å². The summed E-state index contributed by atoms with van der Waals surface area (Å²) in [4.78, 5) is 0.188. The van der Waals surface area contributed by atoms with Gasteiger partial charge in [0.25, 0.3) is 0 Å². The first-order chi connectivity index (χ1) is 11.0. The second-order valence-corrected chi connectivity index (χ2v) is 7.84. The molecule has 0 saturated heterocycles. The van der Waals surface area contributed by atoms with E-state index in [-0.39, 0.29) is 4.90 Å². The van der Waals surface area contributed by atoms with Crippen molar-refractivity contribution in [3.63, 3.8) is 0 Å². The van der Waals surface area contributed by atoms with Crippen molar-refractivity contribution in [1.82, 2.24) is 14.5 Å². The van der Waals surface area contributed by atoms with Gasteiger partial charge < -0.3 is 5.73 Å². The number of rotatable bonds is 6. The Labute approximate surface area is 136 Å². The molecule has 0 aliphatic heterocycles. The summed E-state index contributed by atoms with van der Waals surface area (Å²) in [5.41, 5.74) is 6.39. The van der Waals surface area contributed by atoms with E-state index >= 15 is 0 Å². The van der Waals surface area contributed by atoms with Crippen molar-refractivity contribution in [2.75, 3.05) is 6.54 Å². The Morgan fingerprint density at radius 1 is 1.22 bits per heavy atom. The van der Waals surface area contributed by atoms with Crippen molar-refractivity contribution in [3.05, 3.63) is 48.3 Å². The van der Waals surface area contributed by atoms with E-state index in [1.54, 1.807) is 10.9 Å². The van der Waals surface area contributed by atoms with Gasteiger partial charge in [-0.3, -0.25) is 4.68 Å². The standard InChI is InChI=1S/C16H22N4O2S/c17-13-16(8-4-5-9-16)19-23(21,22)15-10-18-20(12-15)11-14-6-2-1-3-7-14/h1-3,6-7,10,12,19H,4-5,8-9,11,13,17H2. The summed E-state index contributed by atoms with van der Waals surface area (Å²) in [6.45, 7) is 0.864. The number of nitrogens with two attached hydrogens (primary N) is 1. The number of nitrogens with zero attached hydrogens (tertiary/aromatic N) is 2. The van der Waals surface area contributed by atoms with E-state index < -0.39 is 15.6 Å². The molecule has 0 amide bonds. The molecule has 0 unspecified atom stereocenters. The molecule has 1 aromatic carbocycles. The van der Waals surface area contributed by atoms with E-state index in [1.165, 1.54) is 6.20 Å². The maximum Gasteiger partial charge on any atom is 0.244 e. The lowest BCUT2D eigenvalue weighted by molar-refractivity contribution is 0.399. The third-order valence-electron chi connectivity index (χ3n) is 4.41. The van der Waals surface area contributed by atoms with Crippen molar-refractivity contribution in [2.45, 2.75) is 42.7 Å². The fourth-order valence-electron chi connectivity index (χ4n) is 3.08. The second-order valence-electron chi connectivity index (χ2n) is 6.16. The molecule has 23 heavy (non-hydrogen) atoms. The molecule has 0 spiro atoms. The molecule has 1 saturated carbocycles. The van der Waals surface area contributed by atoms with Crippen LogP contribution in [0.3, 0.4) is 0 Å². The number of hydrogen-bond donors (Lipinski definition) is 2. The number of hydrogen-bond acceptors (Lipinski definition) is 4. The first kappa shape index (κ1) is 16.2. The molecule has 0 atom stereocenters. The third kappa shape index (κ3) is 3.63. The Morgan fingerprint density at radius 2 is 1.91 bits per heavy atom. The average molecular weight is 334 g/mol. The zero-order valence-electron chi connectivity index (χ0n) is 13.0. The monoisotopic (exact) mass is 334 g/mol. The van der Waals surface area contributed by atoms with E-state index in [9.17, 15) is 8.42 Å². The number of aromatic nitrogens is 2. The summed E-state index contributed by atoms with van der Waals surface area (Å²) in [5, 5.41) is 4.17. The highest BCUT2D eigenvalue weighted by Gasteiger charge is 2.37. The maximum atomic E-state index is 12.6. The van der Waals surface area contributed by atoms with Gasteiger partial charge in [-0.25, -0.2) is 13.1 Å². The van der Waals surface area contributed by atoms with E-state index in [4.69, 9.17) is 5.73 Å². The average Bonchev–Trinajstić information content (AvgIpc) is 3.18. The van der Waals surface area contributed by atoms with Gasteiger partial charge in [-0.15, -0.1) is 0 Å². The van der Waals surface area contributed by atoms with Gasteiger partial charge in [0.05, 0.1) is 12.7 Å². The Bertz CT molecular complexity index is 749. The maximum absolute atomic E-state index is 12.6. The van der Waals surface area contributed by atoms with Crippen LogP contribution in [0.1, 0.15) is 31.2 Å². The van der Waals surface area contributed by atoms with Crippen molar-refractivity contribution in [3.8, 4) is 0 Å². The second kappa shape index (κ2) is 6.43. The molecule has 6 nitrogen and oxygen atoms in total. The predicted molar refractivity (Wildman–Crippen MR) is 88.3 cm³/mol. The fraction of sp³-hybridized carbons (Fsp3) is 0.438. The van der Waals surface area contributed by atoms with Crippen molar-refractivity contribution < 1.29 is 8.42 Å². The van der Waals surface area contributed by atoms with Gasteiger partial charge in [-0.05, 0) is 18.4 Å². The normalized spacial score (nSPS) is 17.4. The van der Waals surface area contributed by atoms with Crippen LogP contribution in [0.5, 0.6) is 0 Å². The smallest absolute Gasteiger partial charge is 0.244 e. The van der Waals surface area contributed by atoms with Crippen LogP contribution in [0, 0.1) is 0 Å². The zero-order valence-corrected chi connectivity index (χ0v) is 13.8. The molecular weight excluding hydrogens is 312 g/mol. The Balaban J connectivity index is 1.76. The minimum absolute atomic E-state index is 0.188. The summed E-state index contributed by atoms with van der Waals surface area (Å²) < 4.78 is 29.6. The molecule has 1 aliphatic rings. The van der Waals surface area contributed by atoms with Crippen molar-refractivity contribution in [2.24, 2.45) is 5.73 Å². The molecule has 3 N–H and O–H groups in total. The Kier molecular flexibility index (Phi) is 4.52. The zero-order chi connectivity index (χ0) is 16.3.